The number of likely N-dealkylation sites (tertiary alicyclic amines) is 1. The Labute approximate surface area is 154 Å². The zero-order chi connectivity index (χ0) is 18.7. The number of carbonyl (C=O) groups is 2. The molecule has 26 heavy (non-hydrogen) atoms. The molecular weight excluding hydrogens is 332 g/mol. The molecule has 0 bridgehead atoms. The molecule has 0 aromatic heterocycles. The lowest BCUT2D eigenvalue weighted by molar-refractivity contribution is -0.127. The number of hydrogen-bond donors (Lipinski definition) is 1. The van der Waals surface area contributed by atoms with Crippen molar-refractivity contribution in [1.29, 1.82) is 0 Å². The number of fused-ring (bicyclic) bond motifs is 1. The summed E-state index contributed by atoms with van der Waals surface area (Å²) in [5.41, 5.74) is 0.602. The lowest BCUT2D eigenvalue weighted by atomic mass is 9.94. The average Bonchev–Trinajstić information content (AvgIpc) is 2.67. The van der Waals surface area contributed by atoms with Crippen LogP contribution < -0.4 is 14.8 Å². The molecule has 1 aromatic rings. The Morgan fingerprint density at radius 3 is 2.38 bits per heavy atom. The molecular formula is C20H28N2O4. The van der Waals surface area contributed by atoms with E-state index in [0.29, 0.717) is 62.1 Å². The molecule has 0 unspecified atom stereocenters. The van der Waals surface area contributed by atoms with Gasteiger partial charge in [0.15, 0.2) is 11.5 Å². The third-order valence-corrected chi connectivity index (χ3v) is 5.31. The third-order valence-electron chi connectivity index (χ3n) is 5.31. The molecule has 6 nitrogen and oxygen atoms in total. The molecule has 2 amide bonds. The van der Waals surface area contributed by atoms with Gasteiger partial charge in [0.05, 0.1) is 0 Å². The molecule has 2 heterocycles. The minimum atomic E-state index is -0.0172. The highest BCUT2D eigenvalue weighted by molar-refractivity contribution is 5.95. The van der Waals surface area contributed by atoms with Gasteiger partial charge in [-0.25, -0.2) is 0 Å². The number of amides is 2. The van der Waals surface area contributed by atoms with Gasteiger partial charge in [-0.3, -0.25) is 9.59 Å². The number of piperidine rings is 1. The first-order valence-corrected chi connectivity index (χ1v) is 9.45. The first kappa shape index (κ1) is 18.5. The van der Waals surface area contributed by atoms with Crippen LogP contribution >= 0.6 is 0 Å². The third kappa shape index (κ3) is 4.11. The van der Waals surface area contributed by atoms with Crippen molar-refractivity contribution < 1.29 is 19.1 Å². The van der Waals surface area contributed by atoms with Crippen LogP contribution in [0.2, 0.25) is 0 Å². The second kappa shape index (κ2) is 7.98. The summed E-state index contributed by atoms with van der Waals surface area (Å²) in [6.45, 7) is 8.45. The monoisotopic (exact) mass is 360 g/mol. The summed E-state index contributed by atoms with van der Waals surface area (Å²) in [5, 5.41) is 3.09. The summed E-state index contributed by atoms with van der Waals surface area (Å²) in [7, 11) is 0. The molecule has 0 spiro atoms. The average molecular weight is 360 g/mol. The van der Waals surface area contributed by atoms with Crippen molar-refractivity contribution in [3.63, 3.8) is 0 Å². The maximum atomic E-state index is 12.8. The molecule has 1 N–H and O–H groups in total. The highest BCUT2D eigenvalue weighted by Crippen LogP contribution is 2.31. The molecule has 2 aliphatic rings. The number of carbonyl (C=O) groups excluding carboxylic acids is 2. The summed E-state index contributed by atoms with van der Waals surface area (Å²) < 4.78 is 11.1. The van der Waals surface area contributed by atoms with Crippen LogP contribution in [0.25, 0.3) is 0 Å². The Balaban J connectivity index is 1.56. The molecule has 6 heteroatoms. The molecule has 0 aliphatic carbocycles. The van der Waals surface area contributed by atoms with E-state index < -0.39 is 0 Å². The van der Waals surface area contributed by atoms with Crippen LogP contribution in [0.1, 0.15) is 44.0 Å². The Morgan fingerprint density at radius 2 is 1.73 bits per heavy atom. The minimum Gasteiger partial charge on any atom is -0.486 e. The summed E-state index contributed by atoms with van der Waals surface area (Å²) in [6.07, 6.45) is 1.40. The summed E-state index contributed by atoms with van der Waals surface area (Å²) in [4.78, 5) is 27.0. The predicted octanol–water partition coefficient (Wildman–Crippen LogP) is 2.47. The van der Waals surface area contributed by atoms with Gasteiger partial charge in [0.25, 0.3) is 5.91 Å². The second-order valence-electron chi connectivity index (χ2n) is 7.47. The highest BCUT2D eigenvalue weighted by atomic mass is 16.6. The standard InChI is InChI=1S/C20H28N2O4/c1-13(2)14(3)21-19(23)15-6-8-22(9-7-15)20(24)16-4-5-17-18(12-16)26-11-10-25-17/h4-5,12-15H,6-11H2,1-3H3,(H,21,23)/t14-/m1/s1. The minimum absolute atomic E-state index is 0.0134. The van der Waals surface area contributed by atoms with E-state index in [2.05, 4.69) is 19.2 Å². The molecule has 0 radical (unpaired) electrons. The van der Waals surface area contributed by atoms with E-state index in [9.17, 15) is 9.59 Å². The topological polar surface area (TPSA) is 67.9 Å². The molecule has 2 aliphatic heterocycles. The van der Waals surface area contributed by atoms with Crippen molar-refractivity contribution in [2.24, 2.45) is 11.8 Å². The molecule has 1 aromatic carbocycles. The van der Waals surface area contributed by atoms with Gasteiger partial charge in [0, 0.05) is 30.6 Å². The van der Waals surface area contributed by atoms with Crippen LogP contribution in [0, 0.1) is 11.8 Å². The number of ether oxygens (including phenoxy) is 2. The maximum Gasteiger partial charge on any atom is 0.253 e. The van der Waals surface area contributed by atoms with E-state index >= 15 is 0 Å². The quantitative estimate of drug-likeness (QED) is 0.896. The number of hydrogen-bond acceptors (Lipinski definition) is 4. The zero-order valence-electron chi connectivity index (χ0n) is 15.8. The number of nitrogens with zero attached hydrogens (tertiary/aromatic N) is 1. The van der Waals surface area contributed by atoms with Crippen molar-refractivity contribution in [3.8, 4) is 11.5 Å². The predicted molar refractivity (Wildman–Crippen MR) is 98.5 cm³/mol. The summed E-state index contributed by atoms with van der Waals surface area (Å²) in [5.74, 6) is 1.80. The van der Waals surface area contributed by atoms with Gasteiger partial charge in [0.2, 0.25) is 5.91 Å². The SMILES string of the molecule is CC(C)[C@@H](C)NC(=O)C1CCN(C(=O)c2ccc3c(c2)OCCO3)CC1. The van der Waals surface area contributed by atoms with Crippen molar-refractivity contribution in [1.82, 2.24) is 10.2 Å². The van der Waals surface area contributed by atoms with Gasteiger partial charge in [0.1, 0.15) is 13.2 Å². The largest absolute Gasteiger partial charge is 0.486 e. The van der Waals surface area contributed by atoms with Gasteiger partial charge in [-0.1, -0.05) is 13.8 Å². The fourth-order valence-corrected chi connectivity index (χ4v) is 3.21. The van der Waals surface area contributed by atoms with Crippen molar-refractivity contribution in [2.75, 3.05) is 26.3 Å². The van der Waals surface area contributed by atoms with E-state index in [4.69, 9.17) is 9.47 Å². The molecule has 1 saturated heterocycles. The number of benzene rings is 1. The van der Waals surface area contributed by atoms with Crippen molar-refractivity contribution in [3.05, 3.63) is 23.8 Å². The van der Waals surface area contributed by atoms with Crippen molar-refractivity contribution in [2.45, 2.75) is 39.7 Å². The van der Waals surface area contributed by atoms with Gasteiger partial charge >= 0.3 is 0 Å². The van der Waals surface area contributed by atoms with Crippen LogP contribution in [0.3, 0.4) is 0 Å². The Hall–Kier alpha value is -2.24. The van der Waals surface area contributed by atoms with Crippen molar-refractivity contribution >= 4 is 11.8 Å². The van der Waals surface area contributed by atoms with Crippen LogP contribution in [-0.4, -0.2) is 49.1 Å². The van der Waals surface area contributed by atoms with Gasteiger partial charge in [-0.2, -0.15) is 0 Å². The second-order valence-corrected chi connectivity index (χ2v) is 7.47. The van der Waals surface area contributed by atoms with Crippen LogP contribution in [0.5, 0.6) is 11.5 Å². The number of rotatable bonds is 4. The van der Waals surface area contributed by atoms with E-state index in [1.807, 2.05) is 11.8 Å². The highest BCUT2D eigenvalue weighted by Gasteiger charge is 2.29. The first-order chi connectivity index (χ1) is 12.5. The molecule has 3 rings (SSSR count). The molecule has 1 fully saturated rings. The van der Waals surface area contributed by atoms with Crippen LogP contribution in [0.4, 0.5) is 0 Å². The lowest BCUT2D eigenvalue weighted by Crippen LogP contribution is -2.45. The Bertz CT molecular complexity index is 666. The van der Waals surface area contributed by atoms with Gasteiger partial charge in [-0.05, 0) is 43.9 Å². The van der Waals surface area contributed by atoms with E-state index in [1.165, 1.54) is 0 Å². The van der Waals surface area contributed by atoms with E-state index in [-0.39, 0.29) is 23.8 Å². The Morgan fingerprint density at radius 1 is 1.08 bits per heavy atom. The summed E-state index contributed by atoms with van der Waals surface area (Å²) >= 11 is 0. The van der Waals surface area contributed by atoms with Gasteiger partial charge < -0.3 is 19.7 Å². The lowest BCUT2D eigenvalue weighted by Gasteiger charge is -2.32. The first-order valence-electron chi connectivity index (χ1n) is 9.45. The summed E-state index contributed by atoms with van der Waals surface area (Å²) in [6, 6.07) is 5.48. The van der Waals surface area contributed by atoms with Crippen LogP contribution in [0.15, 0.2) is 18.2 Å². The van der Waals surface area contributed by atoms with Crippen LogP contribution in [-0.2, 0) is 4.79 Å². The maximum absolute atomic E-state index is 12.8. The fourth-order valence-electron chi connectivity index (χ4n) is 3.21. The van der Waals surface area contributed by atoms with E-state index in [0.717, 1.165) is 0 Å². The zero-order valence-corrected chi connectivity index (χ0v) is 15.8. The van der Waals surface area contributed by atoms with E-state index in [1.54, 1.807) is 18.2 Å². The normalized spacial score (nSPS) is 18.5. The molecule has 142 valence electrons. The Kier molecular flexibility index (Phi) is 5.69. The number of nitrogens with one attached hydrogen (secondary N) is 1. The molecule has 0 saturated carbocycles. The molecule has 1 atom stereocenters. The fraction of sp³-hybridized carbons (Fsp3) is 0.600. The smallest absolute Gasteiger partial charge is 0.253 e. The van der Waals surface area contributed by atoms with Gasteiger partial charge in [-0.15, -0.1) is 0 Å².